The number of rotatable bonds is 3. The van der Waals surface area contributed by atoms with Crippen molar-refractivity contribution in [3.8, 4) is 0 Å². The maximum Gasteiger partial charge on any atom is 0.363 e. The summed E-state index contributed by atoms with van der Waals surface area (Å²) in [5.41, 5.74) is 5.78. The summed E-state index contributed by atoms with van der Waals surface area (Å²) in [6, 6.07) is 3.06. The number of carbonyl (C=O) groups excluding carboxylic acids is 1. The van der Waals surface area contributed by atoms with E-state index in [1.807, 2.05) is 4.90 Å². The number of amides is 1. The highest BCUT2D eigenvalue weighted by Gasteiger charge is 2.30. The number of pyridine rings is 1. The third kappa shape index (κ3) is 3.46. The molecule has 0 unspecified atom stereocenters. The normalized spacial score (nSPS) is 16.0. The van der Waals surface area contributed by atoms with Crippen LogP contribution >= 0.6 is 0 Å². The molecule has 8 heteroatoms. The van der Waals surface area contributed by atoms with Crippen molar-refractivity contribution in [2.45, 2.75) is 19.4 Å². The van der Waals surface area contributed by atoms with E-state index in [9.17, 15) is 14.9 Å². The summed E-state index contributed by atoms with van der Waals surface area (Å²) < 4.78 is 0. The summed E-state index contributed by atoms with van der Waals surface area (Å²) in [7, 11) is 0. The van der Waals surface area contributed by atoms with Crippen molar-refractivity contribution >= 4 is 17.4 Å². The van der Waals surface area contributed by atoms with Gasteiger partial charge in [-0.25, -0.2) is 0 Å². The number of hydrogen-bond acceptors (Lipinski definition) is 6. The molecule has 1 aromatic rings. The summed E-state index contributed by atoms with van der Waals surface area (Å²) in [6.45, 7) is 5.86. The zero-order valence-corrected chi connectivity index (χ0v) is 12.2. The van der Waals surface area contributed by atoms with Gasteiger partial charge in [0.25, 0.3) is 0 Å². The predicted octanol–water partition coefficient (Wildman–Crippen LogP) is 0.376. The molecular formula is C13H19N5O3. The van der Waals surface area contributed by atoms with E-state index < -0.39 is 10.5 Å². The number of carbonyl (C=O) groups is 1. The van der Waals surface area contributed by atoms with Crippen molar-refractivity contribution in [3.63, 3.8) is 0 Å². The van der Waals surface area contributed by atoms with Crippen LogP contribution in [0.3, 0.4) is 0 Å². The second-order valence-electron chi connectivity index (χ2n) is 5.63. The number of aromatic nitrogens is 1. The fourth-order valence-corrected chi connectivity index (χ4v) is 2.25. The molecule has 0 bridgehead atoms. The zero-order valence-electron chi connectivity index (χ0n) is 12.2. The first-order valence-electron chi connectivity index (χ1n) is 6.72. The van der Waals surface area contributed by atoms with Gasteiger partial charge in [-0.2, -0.15) is 0 Å². The van der Waals surface area contributed by atoms with E-state index in [1.165, 1.54) is 12.3 Å². The Morgan fingerprint density at radius 1 is 1.33 bits per heavy atom. The van der Waals surface area contributed by atoms with Crippen LogP contribution in [-0.2, 0) is 4.79 Å². The molecule has 2 heterocycles. The minimum Gasteiger partial charge on any atom is -0.365 e. The molecule has 1 aromatic heterocycles. The van der Waals surface area contributed by atoms with Gasteiger partial charge in [0.05, 0.1) is 11.2 Å². The van der Waals surface area contributed by atoms with Gasteiger partial charge in [0.2, 0.25) is 5.91 Å². The number of nitro groups is 1. The number of nitrogens with two attached hydrogens (primary N) is 1. The van der Waals surface area contributed by atoms with Crippen LogP contribution in [0.1, 0.15) is 13.8 Å². The first-order chi connectivity index (χ1) is 9.79. The molecule has 2 N–H and O–H groups in total. The molecule has 21 heavy (non-hydrogen) atoms. The molecule has 0 aliphatic carbocycles. The van der Waals surface area contributed by atoms with Gasteiger partial charge in [-0.05, 0) is 29.8 Å². The summed E-state index contributed by atoms with van der Waals surface area (Å²) in [6.07, 6.45) is 1.49. The van der Waals surface area contributed by atoms with Crippen LogP contribution in [0.5, 0.6) is 0 Å². The Morgan fingerprint density at radius 3 is 2.38 bits per heavy atom. The number of nitrogens with zero attached hydrogens (tertiary/aromatic N) is 4. The summed E-state index contributed by atoms with van der Waals surface area (Å²) in [5.74, 6) is -0.235. The maximum atomic E-state index is 12.1. The molecule has 1 aliphatic heterocycles. The highest BCUT2D eigenvalue weighted by atomic mass is 16.6. The molecule has 0 radical (unpaired) electrons. The van der Waals surface area contributed by atoms with Crippen LogP contribution in [0, 0.1) is 10.1 Å². The molecule has 1 aliphatic rings. The van der Waals surface area contributed by atoms with Crippen LogP contribution < -0.4 is 10.6 Å². The third-order valence-corrected chi connectivity index (χ3v) is 3.40. The highest BCUT2D eigenvalue weighted by Crippen LogP contribution is 2.18. The first-order valence-corrected chi connectivity index (χ1v) is 6.72. The van der Waals surface area contributed by atoms with Crippen LogP contribution in [0.25, 0.3) is 0 Å². The van der Waals surface area contributed by atoms with Gasteiger partial charge in [-0.3, -0.25) is 4.79 Å². The fraction of sp³-hybridized carbons (Fsp3) is 0.538. The van der Waals surface area contributed by atoms with Gasteiger partial charge >= 0.3 is 5.82 Å². The van der Waals surface area contributed by atoms with Gasteiger partial charge < -0.3 is 25.6 Å². The predicted molar refractivity (Wildman–Crippen MR) is 78.0 cm³/mol. The molecular weight excluding hydrogens is 274 g/mol. The van der Waals surface area contributed by atoms with E-state index in [-0.39, 0.29) is 11.7 Å². The van der Waals surface area contributed by atoms with Gasteiger partial charge in [-0.1, -0.05) is 0 Å². The Hall–Kier alpha value is -2.22. The van der Waals surface area contributed by atoms with E-state index in [0.717, 1.165) is 5.69 Å². The minimum atomic E-state index is -0.864. The summed E-state index contributed by atoms with van der Waals surface area (Å²) in [5, 5.41) is 10.6. The largest absolute Gasteiger partial charge is 0.365 e. The number of anilines is 1. The van der Waals surface area contributed by atoms with E-state index in [4.69, 9.17) is 5.73 Å². The van der Waals surface area contributed by atoms with Crippen molar-refractivity contribution in [1.29, 1.82) is 0 Å². The fourth-order valence-electron chi connectivity index (χ4n) is 2.25. The van der Waals surface area contributed by atoms with Crippen molar-refractivity contribution in [2.24, 2.45) is 5.73 Å². The van der Waals surface area contributed by atoms with Crippen LogP contribution in [0.2, 0.25) is 0 Å². The molecule has 114 valence electrons. The Bertz CT molecular complexity index is 530. The Morgan fingerprint density at radius 2 is 1.95 bits per heavy atom. The Balaban J connectivity index is 1.98. The van der Waals surface area contributed by atoms with Crippen molar-refractivity contribution in [2.75, 3.05) is 31.1 Å². The average Bonchev–Trinajstić information content (AvgIpc) is 2.46. The molecule has 1 fully saturated rings. The van der Waals surface area contributed by atoms with Crippen LogP contribution in [-0.4, -0.2) is 52.4 Å². The molecule has 0 spiro atoms. The molecule has 2 rings (SSSR count). The highest BCUT2D eigenvalue weighted by molar-refractivity contribution is 5.85. The Kier molecular flexibility index (Phi) is 4.08. The van der Waals surface area contributed by atoms with E-state index in [0.29, 0.717) is 26.2 Å². The average molecular weight is 293 g/mol. The first kappa shape index (κ1) is 15.2. The summed E-state index contributed by atoms with van der Waals surface area (Å²) in [4.78, 5) is 29.7. The van der Waals surface area contributed by atoms with Crippen molar-refractivity contribution in [3.05, 3.63) is 28.4 Å². The second kappa shape index (κ2) is 5.65. The minimum absolute atomic E-state index is 0.0658. The Labute approximate surface area is 122 Å². The van der Waals surface area contributed by atoms with Gasteiger partial charge in [0.1, 0.15) is 0 Å². The van der Waals surface area contributed by atoms with Crippen LogP contribution in [0.15, 0.2) is 18.3 Å². The molecule has 0 atom stereocenters. The second-order valence-corrected chi connectivity index (χ2v) is 5.63. The summed E-state index contributed by atoms with van der Waals surface area (Å²) >= 11 is 0. The molecule has 0 saturated carbocycles. The molecule has 8 nitrogen and oxygen atoms in total. The quantitative estimate of drug-likeness (QED) is 0.638. The van der Waals surface area contributed by atoms with E-state index in [1.54, 1.807) is 24.8 Å². The molecule has 1 saturated heterocycles. The lowest BCUT2D eigenvalue weighted by Crippen LogP contribution is -2.57. The lowest BCUT2D eigenvalue weighted by Gasteiger charge is -2.38. The smallest absolute Gasteiger partial charge is 0.363 e. The van der Waals surface area contributed by atoms with Crippen LogP contribution in [0.4, 0.5) is 11.5 Å². The van der Waals surface area contributed by atoms with Gasteiger partial charge in [0, 0.05) is 32.2 Å². The molecule has 0 aromatic carbocycles. The lowest BCUT2D eigenvalue weighted by atomic mass is 10.0. The van der Waals surface area contributed by atoms with Gasteiger partial charge in [0.15, 0.2) is 6.20 Å². The van der Waals surface area contributed by atoms with E-state index >= 15 is 0 Å². The van der Waals surface area contributed by atoms with E-state index in [2.05, 4.69) is 4.98 Å². The standard InChI is InChI=1S/C13H19N5O3/c1-13(2,14)12(19)17-7-5-16(6-8-17)10-3-4-11(15-9-10)18(20)21/h3-4,9H,5-8,14H2,1-2H3. The SMILES string of the molecule is CC(C)(N)C(=O)N1CCN(c2ccc([N+](=O)[O-])nc2)CC1. The monoisotopic (exact) mass is 293 g/mol. The molecule has 1 amide bonds. The number of hydrogen-bond donors (Lipinski definition) is 1. The zero-order chi connectivity index (χ0) is 15.6. The lowest BCUT2D eigenvalue weighted by molar-refractivity contribution is -0.389. The third-order valence-electron chi connectivity index (χ3n) is 3.40. The van der Waals surface area contributed by atoms with Crippen molar-refractivity contribution in [1.82, 2.24) is 9.88 Å². The number of piperazine rings is 1. The topological polar surface area (TPSA) is 106 Å². The van der Waals surface area contributed by atoms with Crippen molar-refractivity contribution < 1.29 is 9.72 Å². The maximum absolute atomic E-state index is 12.1. The van der Waals surface area contributed by atoms with Gasteiger partial charge in [-0.15, -0.1) is 0 Å².